The predicted molar refractivity (Wildman–Crippen MR) is 59.0 cm³/mol. The monoisotopic (exact) mass is 210 g/mol. The summed E-state index contributed by atoms with van der Waals surface area (Å²) in [5.41, 5.74) is 0. The average molecular weight is 210 g/mol. The summed E-state index contributed by atoms with van der Waals surface area (Å²) in [6, 6.07) is 0. The molecule has 0 rings (SSSR count). The highest BCUT2D eigenvalue weighted by atomic mass is 16.5. The summed E-state index contributed by atoms with van der Waals surface area (Å²) in [5.74, 6) is 2.37. The number of ether oxygens (including phenoxy) is 2. The van der Waals surface area contributed by atoms with Crippen molar-refractivity contribution in [2.24, 2.45) is 0 Å². The summed E-state index contributed by atoms with van der Waals surface area (Å²) in [5, 5.41) is 0. The number of allylic oxidation sites excluding steroid dienone is 1. The van der Waals surface area contributed by atoms with Gasteiger partial charge in [-0.25, -0.2) is 0 Å². The lowest BCUT2D eigenvalue weighted by atomic mass is 10.2. The molecule has 84 valence electrons. The highest BCUT2D eigenvalue weighted by molar-refractivity contribution is 5.66. The summed E-state index contributed by atoms with van der Waals surface area (Å²) in [6.45, 7) is 5.82. The van der Waals surface area contributed by atoms with Crippen molar-refractivity contribution in [3.8, 4) is 12.0 Å². The van der Waals surface area contributed by atoms with E-state index in [-0.39, 0.29) is 5.97 Å². The molecule has 0 heterocycles. The van der Waals surface area contributed by atoms with E-state index in [4.69, 9.17) is 9.47 Å². The number of carbonyl (C=O) groups excluding carboxylic acids is 1. The van der Waals surface area contributed by atoms with E-state index in [9.17, 15) is 4.79 Å². The Morgan fingerprint density at radius 2 is 2.20 bits per heavy atom. The highest BCUT2D eigenvalue weighted by Crippen LogP contribution is 1.97. The van der Waals surface area contributed by atoms with Crippen LogP contribution in [-0.4, -0.2) is 18.7 Å². The van der Waals surface area contributed by atoms with E-state index >= 15 is 0 Å². The molecule has 0 amide bonds. The van der Waals surface area contributed by atoms with Gasteiger partial charge in [-0.3, -0.25) is 4.79 Å². The number of hydrogen-bond donors (Lipinski definition) is 0. The predicted octanol–water partition coefficient (Wildman–Crippen LogP) is 2.27. The van der Waals surface area contributed by atoms with Gasteiger partial charge in [0.1, 0.15) is 6.11 Å². The molecule has 0 N–H and O–H groups in total. The fourth-order valence-electron chi connectivity index (χ4n) is 0.854. The van der Waals surface area contributed by atoms with E-state index < -0.39 is 6.10 Å². The summed E-state index contributed by atoms with van der Waals surface area (Å²) >= 11 is 0. The Hall–Kier alpha value is -1.43. The minimum atomic E-state index is -0.499. The molecule has 0 bridgehead atoms. The van der Waals surface area contributed by atoms with Crippen LogP contribution in [-0.2, 0) is 14.3 Å². The average Bonchev–Trinajstić information content (AvgIpc) is 2.17. The molecule has 0 spiro atoms. The van der Waals surface area contributed by atoms with Crippen molar-refractivity contribution in [2.45, 2.75) is 39.7 Å². The van der Waals surface area contributed by atoms with Crippen molar-refractivity contribution in [1.29, 1.82) is 0 Å². The van der Waals surface area contributed by atoms with Crippen molar-refractivity contribution < 1.29 is 14.3 Å². The molecule has 0 fully saturated rings. The van der Waals surface area contributed by atoms with Crippen molar-refractivity contribution in [3.05, 3.63) is 12.2 Å². The van der Waals surface area contributed by atoms with E-state index in [1.807, 2.05) is 13.0 Å². The van der Waals surface area contributed by atoms with Crippen LogP contribution in [0.3, 0.4) is 0 Å². The third-order valence-electron chi connectivity index (χ3n) is 1.48. The highest BCUT2D eigenvalue weighted by Gasteiger charge is 2.03. The smallest absolute Gasteiger partial charge is 0.304 e. The van der Waals surface area contributed by atoms with Crippen LogP contribution in [0.1, 0.15) is 33.6 Å². The maximum absolute atomic E-state index is 10.8. The first-order valence-electron chi connectivity index (χ1n) is 5.16. The lowest BCUT2D eigenvalue weighted by molar-refractivity contribution is -0.142. The number of hydrogen-bond acceptors (Lipinski definition) is 3. The quantitative estimate of drug-likeness (QED) is 0.396. The molecule has 0 saturated carbocycles. The molecule has 0 aliphatic rings. The second kappa shape index (κ2) is 9.14. The van der Waals surface area contributed by atoms with Crippen LogP contribution >= 0.6 is 0 Å². The Bertz CT molecular complexity index is 258. The lowest BCUT2D eigenvalue weighted by Crippen LogP contribution is -2.11. The fourth-order valence-corrected chi connectivity index (χ4v) is 0.854. The first-order chi connectivity index (χ1) is 7.20. The molecule has 0 aliphatic heterocycles. The molecule has 0 aromatic rings. The Labute approximate surface area is 91.5 Å². The Morgan fingerprint density at radius 3 is 2.73 bits per heavy atom. The van der Waals surface area contributed by atoms with Gasteiger partial charge in [-0.2, -0.15) is 0 Å². The standard InChI is InChI=1S/C12H18O3/c1-4-6-7-8-12(15-11(3)13)9-10-14-5-2/h7-8,12H,4-6H2,1-3H3/b8-7+. The zero-order valence-electron chi connectivity index (χ0n) is 9.58. The van der Waals surface area contributed by atoms with E-state index in [1.165, 1.54) is 6.92 Å². The van der Waals surface area contributed by atoms with Crippen LogP contribution < -0.4 is 0 Å². The molecule has 0 aromatic heterocycles. The molecule has 0 saturated heterocycles. The minimum Gasteiger partial charge on any atom is -0.447 e. The van der Waals surface area contributed by atoms with Crippen LogP contribution in [0.4, 0.5) is 0 Å². The summed E-state index contributed by atoms with van der Waals surface area (Å²) in [6.07, 6.45) is 7.73. The Balaban J connectivity index is 4.19. The summed E-state index contributed by atoms with van der Waals surface area (Å²) < 4.78 is 9.83. The van der Waals surface area contributed by atoms with Gasteiger partial charge >= 0.3 is 5.97 Å². The van der Waals surface area contributed by atoms with Crippen molar-refractivity contribution in [3.63, 3.8) is 0 Å². The van der Waals surface area contributed by atoms with Gasteiger partial charge in [0, 0.05) is 6.92 Å². The molecule has 1 atom stereocenters. The maximum Gasteiger partial charge on any atom is 0.304 e. The van der Waals surface area contributed by atoms with Gasteiger partial charge in [0.15, 0.2) is 6.10 Å². The molecule has 0 aliphatic carbocycles. The molecular formula is C12H18O3. The molecule has 15 heavy (non-hydrogen) atoms. The molecule has 1 unspecified atom stereocenters. The van der Waals surface area contributed by atoms with Crippen LogP contribution in [0, 0.1) is 12.0 Å². The second-order valence-corrected chi connectivity index (χ2v) is 2.93. The summed E-state index contributed by atoms with van der Waals surface area (Å²) in [7, 11) is 0. The third kappa shape index (κ3) is 8.89. The van der Waals surface area contributed by atoms with Crippen molar-refractivity contribution >= 4 is 5.97 Å². The van der Waals surface area contributed by atoms with Crippen molar-refractivity contribution in [1.82, 2.24) is 0 Å². The number of esters is 1. The molecule has 3 nitrogen and oxygen atoms in total. The molecular weight excluding hydrogens is 192 g/mol. The Morgan fingerprint density at radius 1 is 1.47 bits per heavy atom. The van der Waals surface area contributed by atoms with E-state index in [0.717, 1.165) is 12.8 Å². The van der Waals surface area contributed by atoms with Crippen molar-refractivity contribution in [2.75, 3.05) is 6.61 Å². The van der Waals surface area contributed by atoms with Gasteiger partial charge in [0.2, 0.25) is 0 Å². The van der Waals surface area contributed by atoms with Gasteiger partial charge in [0.25, 0.3) is 0 Å². The topological polar surface area (TPSA) is 35.5 Å². The van der Waals surface area contributed by atoms with Gasteiger partial charge in [-0.1, -0.05) is 19.4 Å². The molecule has 0 radical (unpaired) electrons. The SMILES string of the molecule is CCC/C=C/C(C#COCC)OC(C)=O. The molecule has 0 aromatic carbocycles. The van der Waals surface area contributed by atoms with Gasteiger partial charge in [0.05, 0.1) is 6.61 Å². The van der Waals surface area contributed by atoms with Gasteiger partial charge < -0.3 is 9.47 Å². The van der Waals surface area contributed by atoms with Crippen LogP contribution in [0.25, 0.3) is 0 Å². The van der Waals surface area contributed by atoms with Gasteiger partial charge in [-0.15, -0.1) is 0 Å². The largest absolute Gasteiger partial charge is 0.447 e. The Kier molecular flexibility index (Phi) is 8.27. The van der Waals surface area contributed by atoms with E-state index in [1.54, 1.807) is 6.08 Å². The van der Waals surface area contributed by atoms with Gasteiger partial charge in [-0.05, 0) is 25.3 Å². The first kappa shape index (κ1) is 13.6. The number of carbonyl (C=O) groups is 1. The second-order valence-electron chi connectivity index (χ2n) is 2.93. The fraction of sp³-hybridized carbons (Fsp3) is 0.583. The number of unbranched alkanes of at least 4 members (excludes halogenated alkanes) is 1. The van der Waals surface area contributed by atoms with Crippen LogP contribution in [0.2, 0.25) is 0 Å². The van der Waals surface area contributed by atoms with Crippen LogP contribution in [0.15, 0.2) is 12.2 Å². The zero-order chi connectivity index (χ0) is 11.5. The third-order valence-corrected chi connectivity index (χ3v) is 1.48. The molecule has 3 heteroatoms. The van der Waals surface area contributed by atoms with E-state index in [2.05, 4.69) is 19.0 Å². The number of rotatable bonds is 5. The summed E-state index contributed by atoms with van der Waals surface area (Å²) in [4.78, 5) is 10.8. The maximum atomic E-state index is 10.8. The first-order valence-corrected chi connectivity index (χ1v) is 5.16. The lowest BCUT2D eigenvalue weighted by Gasteiger charge is -2.04. The zero-order valence-corrected chi connectivity index (χ0v) is 9.58. The van der Waals surface area contributed by atoms with Crippen LogP contribution in [0.5, 0.6) is 0 Å². The normalized spacial score (nSPS) is 11.7. The van der Waals surface area contributed by atoms with E-state index in [0.29, 0.717) is 6.61 Å². The minimum absolute atomic E-state index is 0.341.